The number of carbonyl (C=O) groups excluding carboxylic acids is 2. The fourth-order valence-corrected chi connectivity index (χ4v) is 2.67. The van der Waals surface area contributed by atoms with Crippen LogP contribution in [0, 0.1) is 11.5 Å². The summed E-state index contributed by atoms with van der Waals surface area (Å²) in [6.07, 6.45) is 3.65. The van der Waals surface area contributed by atoms with Crippen LogP contribution in [0.15, 0.2) is 30.3 Å². The first-order chi connectivity index (χ1) is 13.2. The number of amides is 2. The van der Waals surface area contributed by atoms with E-state index in [0.717, 1.165) is 11.1 Å². The van der Waals surface area contributed by atoms with Gasteiger partial charge in [0.25, 0.3) is 0 Å². The van der Waals surface area contributed by atoms with E-state index in [9.17, 15) is 9.59 Å². The van der Waals surface area contributed by atoms with E-state index >= 15 is 0 Å². The van der Waals surface area contributed by atoms with Crippen LogP contribution in [-0.2, 0) is 9.39 Å². The molecule has 146 valence electrons. The number of alkyl carbamates (subject to hydrolysis) is 1. The molecular formula is C19H23BN4O4. The summed E-state index contributed by atoms with van der Waals surface area (Å²) in [5.74, 6) is -0.462. The van der Waals surface area contributed by atoms with Crippen LogP contribution in [0.3, 0.4) is 0 Å². The van der Waals surface area contributed by atoms with Crippen molar-refractivity contribution in [3.05, 3.63) is 41.5 Å². The molecule has 0 aliphatic carbocycles. The van der Waals surface area contributed by atoms with E-state index in [4.69, 9.17) is 20.4 Å². The van der Waals surface area contributed by atoms with Gasteiger partial charge in [0, 0.05) is 0 Å². The predicted octanol–water partition coefficient (Wildman–Crippen LogP) is 1.60. The minimum absolute atomic E-state index is 0.343. The molecule has 0 atom stereocenters. The third-order valence-electron chi connectivity index (χ3n) is 3.94. The Labute approximate surface area is 164 Å². The molecule has 1 aliphatic rings. The van der Waals surface area contributed by atoms with Gasteiger partial charge in [-0.05, 0) is 0 Å². The quantitative estimate of drug-likeness (QED) is 0.590. The fraction of sp³-hybridized carbons (Fsp3) is 0.368. The van der Waals surface area contributed by atoms with E-state index in [0.29, 0.717) is 30.8 Å². The maximum absolute atomic E-state index is 12.1. The molecule has 1 aliphatic heterocycles. The Kier molecular flexibility index (Phi) is 6.82. The van der Waals surface area contributed by atoms with E-state index in [-0.39, 0.29) is 0 Å². The number of hydrogen-bond donors (Lipinski definition) is 2. The van der Waals surface area contributed by atoms with Crippen molar-refractivity contribution < 1.29 is 19.0 Å². The van der Waals surface area contributed by atoms with Gasteiger partial charge in [-0.2, -0.15) is 0 Å². The van der Waals surface area contributed by atoms with Crippen LogP contribution in [-0.4, -0.2) is 48.4 Å². The molecular weight excluding hydrogens is 359 g/mol. The van der Waals surface area contributed by atoms with Crippen LogP contribution in [0.5, 0.6) is 0 Å². The summed E-state index contributed by atoms with van der Waals surface area (Å²) in [4.78, 5) is 25.1. The molecule has 0 radical (unpaired) electrons. The number of primary amides is 1. The van der Waals surface area contributed by atoms with Gasteiger partial charge in [-0.1, -0.05) is 0 Å². The first-order valence-corrected chi connectivity index (χ1v) is 8.79. The van der Waals surface area contributed by atoms with E-state index in [2.05, 4.69) is 5.32 Å². The van der Waals surface area contributed by atoms with E-state index in [1.54, 1.807) is 39.2 Å². The molecule has 0 unspecified atom stereocenters. The maximum atomic E-state index is 12.1. The third-order valence-corrected chi connectivity index (χ3v) is 3.94. The van der Waals surface area contributed by atoms with Crippen LogP contribution < -0.4 is 11.1 Å². The molecule has 3 N–H and O–H groups in total. The number of rotatable bonds is 5. The summed E-state index contributed by atoms with van der Waals surface area (Å²) in [6.45, 7) is 6.40. The molecule has 0 bridgehead atoms. The number of nitrogens with two attached hydrogens (primary N) is 1. The van der Waals surface area contributed by atoms with Crippen molar-refractivity contribution in [2.24, 2.45) is 5.73 Å². The molecule has 9 heteroatoms. The second-order valence-electron chi connectivity index (χ2n) is 7.21. The van der Waals surface area contributed by atoms with Crippen LogP contribution in [0.1, 0.15) is 43.1 Å². The number of ether oxygens (including phenoxy) is 1. The van der Waals surface area contributed by atoms with Crippen molar-refractivity contribution in [3.8, 4) is 6.26 Å². The Bertz CT molecular complexity index is 835. The van der Waals surface area contributed by atoms with E-state index < -0.39 is 17.6 Å². The van der Waals surface area contributed by atoms with Gasteiger partial charge in [-0.3, -0.25) is 0 Å². The van der Waals surface area contributed by atoms with Gasteiger partial charge < -0.3 is 0 Å². The summed E-state index contributed by atoms with van der Waals surface area (Å²) in [5.41, 5.74) is 7.55. The summed E-state index contributed by atoms with van der Waals surface area (Å²) in [5, 5.41) is 11.3. The number of carbonyl (C=O) groups is 2. The monoisotopic (exact) mass is 382 g/mol. The average molecular weight is 382 g/mol. The number of benzene rings is 1. The van der Waals surface area contributed by atoms with Gasteiger partial charge in [0.2, 0.25) is 0 Å². The van der Waals surface area contributed by atoms with Crippen LogP contribution in [0.2, 0.25) is 0 Å². The zero-order chi connectivity index (χ0) is 20.7. The van der Waals surface area contributed by atoms with Gasteiger partial charge >= 0.3 is 164 Å². The van der Waals surface area contributed by atoms with E-state index in [1.807, 2.05) is 23.1 Å². The minimum atomic E-state index is -0.642. The van der Waals surface area contributed by atoms with Crippen LogP contribution in [0.4, 0.5) is 4.79 Å². The van der Waals surface area contributed by atoms with Gasteiger partial charge in [-0.25, -0.2) is 0 Å². The molecule has 8 nitrogen and oxygen atoms in total. The number of nitrogens with one attached hydrogen (secondary N) is 1. The SMILES string of the molecule is CC(C)(C)OC(=O)NC(=BOC#N)N1CC=C(c2ccc(C(N)=O)cc2)CC1. The second-order valence-corrected chi connectivity index (χ2v) is 7.21. The van der Waals surface area contributed by atoms with Crippen molar-refractivity contribution in [1.29, 1.82) is 5.26 Å². The zero-order valence-corrected chi connectivity index (χ0v) is 16.2. The Balaban J connectivity index is 2.08. The Hall–Kier alpha value is -3.28. The van der Waals surface area contributed by atoms with E-state index in [1.165, 1.54) is 7.12 Å². The van der Waals surface area contributed by atoms with Gasteiger partial charge in [0.15, 0.2) is 0 Å². The molecule has 0 saturated heterocycles. The number of nitriles is 1. The topological polar surface area (TPSA) is 118 Å². The number of nitrogens with zero attached hydrogens (tertiary/aromatic N) is 2. The third kappa shape index (κ3) is 6.16. The first kappa shape index (κ1) is 21.0. The predicted molar refractivity (Wildman–Crippen MR) is 106 cm³/mol. The Morgan fingerprint density at radius 2 is 1.96 bits per heavy atom. The molecule has 0 spiro atoms. The standard InChI is InChI=1S/C19H23BN4O4/c1-19(2,3)28-18(26)23-17(20-27-12-21)24-10-8-14(9-11-24)13-4-6-15(7-5-13)16(22)25/h4-8H,9-11H2,1-3H3,(H2,22,25)(H,23,26). The molecule has 0 aromatic heterocycles. The van der Waals surface area contributed by atoms with Gasteiger partial charge in [0.05, 0.1) is 0 Å². The molecule has 1 heterocycles. The molecule has 0 saturated carbocycles. The van der Waals surface area contributed by atoms with Gasteiger partial charge in [0.1, 0.15) is 0 Å². The zero-order valence-electron chi connectivity index (χ0n) is 16.2. The summed E-state index contributed by atoms with van der Waals surface area (Å²) in [7, 11) is 1.18. The Morgan fingerprint density at radius 1 is 1.29 bits per heavy atom. The van der Waals surface area contributed by atoms with Crippen LogP contribution in [0.25, 0.3) is 5.57 Å². The molecule has 2 rings (SSSR count). The molecule has 1 aromatic carbocycles. The molecule has 0 fully saturated rings. The summed E-state index contributed by atoms with van der Waals surface area (Å²) in [6, 6.07) is 7.11. The van der Waals surface area contributed by atoms with Crippen molar-refractivity contribution in [2.75, 3.05) is 13.1 Å². The van der Waals surface area contributed by atoms with Crippen molar-refractivity contribution in [3.63, 3.8) is 0 Å². The summed E-state index contributed by atoms with van der Waals surface area (Å²) < 4.78 is 9.94. The normalized spacial score (nSPS) is 14.3. The van der Waals surface area contributed by atoms with Gasteiger partial charge in [-0.15, -0.1) is 0 Å². The van der Waals surface area contributed by atoms with Crippen molar-refractivity contribution in [2.45, 2.75) is 32.8 Å². The molecule has 2 amide bonds. The first-order valence-electron chi connectivity index (χ1n) is 8.79. The fourth-order valence-electron chi connectivity index (χ4n) is 2.67. The second kappa shape index (κ2) is 9.08. The number of hydrogen-bond acceptors (Lipinski definition) is 6. The molecule has 28 heavy (non-hydrogen) atoms. The summed E-state index contributed by atoms with van der Waals surface area (Å²) >= 11 is 0. The molecule has 1 aromatic rings. The van der Waals surface area contributed by atoms with Crippen LogP contribution >= 0.6 is 0 Å². The average Bonchev–Trinajstić information content (AvgIpc) is 2.64. The van der Waals surface area contributed by atoms with Crippen molar-refractivity contribution in [1.82, 2.24) is 10.2 Å². The Morgan fingerprint density at radius 3 is 2.46 bits per heavy atom. The van der Waals surface area contributed by atoms with Crippen molar-refractivity contribution >= 4 is 30.4 Å².